The molecule has 1 amide bonds. The van der Waals surface area contributed by atoms with E-state index in [9.17, 15) is 4.79 Å². The Bertz CT molecular complexity index is 776. The number of nitrogens with zero attached hydrogens (tertiary/aromatic N) is 1. The van der Waals surface area contributed by atoms with E-state index in [0.717, 1.165) is 5.76 Å². The van der Waals surface area contributed by atoms with Gasteiger partial charge in [-0.15, -0.1) is 0 Å². The quantitative estimate of drug-likeness (QED) is 0.712. The van der Waals surface area contributed by atoms with Crippen LogP contribution in [0.2, 0.25) is 0 Å². The molecular formula is C19H20N2O4. The highest BCUT2D eigenvalue weighted by molar-refractivity contribution is 5.91. The molecular weight excluding hydrogens is 320 g/mol. The number of ether oxygens (including phenoxy) is 2. The van der Waals surface area contributed by atoms with Gasteiger partial charge in [-0.1, -0.05) is 0 Å². The number of methoxy groups -OCH3 is 2. The summed E-state index contributed by atoms with van der Waals surface area (Å²) >= 11 is 0. The molecule has 2 heterocycles. The fraction of sp³-hybridized carbons (Fsp3) is 0.211. The van der Waals surface area contributed by atoms with E-state index in [1.54, 1.807) is 38.7 Å². The minimum atomic E-state index is -0.204. The second-order valence-corrected chi connectivity index (χ2v) is 5.48. The summed E-state index contributed by atoms with van der Waals surface area (Å²) in [6.45, 7) is 0. The predicted octanol–water partition coefficient (Wildman–Crippen LogP) is 3.72. The van der Waals surface area contributed by atoms with Crippen molar-refractivity contribution in [1.82, 2.24) is 4.57 Å². The largest absolute Gasteiger partial charge is 0.493 e. The van der Waals surface area contributed by atoms with Crippen LogP contribution in [0, 0.1) is 0 Å². The summed E-state index contributed by atoms with van der Waals surface area (Å²) in [7, 11) is 3.13. The number of aromatic nitrogens is 1. The number of benzene rings is 1. The maximum atomic E-state index is 12.5. The molecule has 0 fully saturated rings. The van der Waals surface area contributed by atoms with Gasteiger partial charge in [-0.2, -0.15) is 0 Å². The molecule has 3 aromatic rings. The molecule has 130 valence electrons. The average molecular weight is 340 g/mol. The van der Waals surface area contributed by atoms with Crippen molar-refractivity contribution in [1.29, 1.82) is 0 Å². The summed E-state index contributed by atoms with van der Waals surface area (Å²) in [6.07, 6.45) is 5.68. The summed E-state index contributed by atoms with van der Waals surface area (Å²) in [6, 6.07) is 12.6. The maximum absolute atomic E-state index is 12.5. The molecule has 0 aliphatic heterocycles. The van der Waals surface area contributed by atoms with Gasteiger partial charge in [0.25, 0.3) is 0 Å². The average Bonchev–Trinajstić information content (AvgIpc) is 3.33. The summed E-state index contributed by atoms with van der Waals surface area (Å²) in [5.74, 6) is 1.79. The van der Waals surface area contributed by atoms with Crippen molar-refractivity contribution in [2.45, 2.75) is 12.5 Å². The zero-order valence-electron chi connectivity index (χ0n) is 14.1. The zero-order chi connectivity index (χ0) is 17.6. The highest BCUT2D eigenvalue weighted by Gasteiger charge is 2.20. The fourth-order valence-corrected chi connectivity index (χ4v) is 2.69. The lowest BCUT2D eigenvalue weighted by Crippen LogP contribution is -2.19. The van der Waals surface area contributed by atoms with Crippen LogP contribution in [0.25, 0.3) is 0 Å². The Balaban J connectivity index is 1.74. The fourth-order valence-electron chi connectivity index (χ4n) is 2.69. The third-order valence-electron chi connectivity index (χ3n) is 3.91. The number of amides is 1. The van der Waals surface area contributed by atoms with Crippen molar-refractivity contribution < 1.29 is 18.7 Å². The summed E-state index contributed by atoms with van der Waals surface area (Å²) in [5.41, 5.74) is 0.647. The Hall–Kier alpha value is -3.15. The molecule has 0 radical (unpaired) electrons. The number of furan rings is 1. The zero-order valence-corrected chi connectivity index (χ0v) is 14.1. The summed E-state index contributed by atoms with van der Waals surface area (Å²) in [5, 5.41) is 2.89. The van der Waals surface area contributed by atoms with Gasteiger partial charge in [-0.25, -0.2) is 0 Å². The first-order chi connectivity index (χ1) is 12.2. The molecule has 0 spiro atoms. The lowest BCUT2D eigenvalue weighted by molar-refractivity contribution is -0.116. The van der Waals surface area contributed by atoms with Gasteiger partial charge in [0, 0.05) is 24.1 Å². The van der Waals surface area contributed by atoms with Crippen molar-refractivity contribution in [3.8, 4) is 11.5 Å². The standard InChI is InChI=1S/C19H20N2O4/c1-23-17-8-7-14(12-18(17)24-2)20-19(22)13-15(16-6-5-11-25-16)21-9-3-4-10-21/h3-12,15H,13H2,1-2H3,(H,20,22). The van der Waals surface area contributed by atoms with Gasteiger partial charge in [0.1, 0.15) is 5.76 Å². The van der Waals surface area contributed by atoms with Gasteiger partial charge in [0.2, 0.25) is 5.91 Å². The smallest absolute Gasteiger partial charge is 0.226 e. The van der Waals surface area contributed by atoms with E-state index >= 15 is 0 Å². The van der Waals surface area contributed by atoms with Gasteiger partial charge >= 0.3 is 0 Å². The number of carbonyl (C=O) groups is 1. The van der Waals surface area contributed by atoms with Crippen LogP contribution in [0.5, 0.6) is 11.5 Å². The molecule has 25 heavy (non-hydrogen) atoms. The Morgan fingerprint density at radius 1 is 1.12 bits per heavy atom. The van der Waals surface area contributed by atoms with Crippen molar-refractivity contribution in [2.24, 2.45) is 0 Å². The number of hydrogen-bond acceptors (Lipinski definition) is 4. The molecule has 1 aromatic carbocycles. The Morgan fingerprint density at radius 3 is 2.52 bits per heavy atom. The maximum Gasteiger partial charge on any atom is 0.226 e. The van der Waals surface area contributed by atoms with Gasteiger partial charge < -0.3 is 23.8 Å². The van der Waals surface area contributed by atoms with Crippen LogP contribution in [0.15, 0.2) is 65.5 Å². The Labute approximate surface area is 146 Å². The first kappa shape index (κ1) is 16.7. The van der Waals surface area contributed by atoms with Crippen LogP contribution in [0.3, 0.4) is 0 Å². The lowest BCUT2D eigenvalue weighted by Gasteiger charge is -2.17. The molecule has 0 saturated carbocycles. The Kier molecular flexibility index (Phi) is 5.09. The van der Waals surface area contributed by atoms with E-state index < -0.39 is 0 Å². The SMILES string of the molecule is COc1ccc(NC(=O)CC(c2ccco2)n2cccc2)cc1OC. The van der Waals surface area contributed by atoms with Crippen LogP contribution in [-0.4, -0.2) is 24.7 Å². The molecule has 1 atom stereocenters. The first-order valence-corrected chi connectivity index (χ1v) is 7.89. The minimum Gasteiger partial charge on any atom is -0.493 e. The van der Waals surface area contributed by atoms with E-state index in [0.29, 0.717) is 17.2 Å². The van der Waals surface area contributed by atoms with E-state index in [1.807, 2.05) is 41.2 Å². The van der Waals surface area contributed by atoms with Crippen molar-refractivity contribution in [3.05, 3.63) is 66.9 Å². The van der Waals surface area contributed by atoms with Gasteiger partial charge in [-0.05, 0) is 36.4 Å². The second-order valence-electron chi connectivity index (χ2n) is 5.48. The van der Waals surface area contributed by atoms with Gasteiger partial charge in [0.15, 0.2) is 11.5 Å². The van der Waals surface area contributed by atoms with Crippen molar-refractivity contribution in [3.63, 3.8) is 0 Å². The number of rotatable bonds is 7. The highest BCUT2D eigenvalue weighted by Crippen LogP contribution is 2.30. The van der Waals surface area contributed by atoms with E-state index in [-0.39, 0.29) is 18.4 Å². The molecule has 6 nitrogen and oxygen atoms in total. The van der Waals surface area contributed by atoms with Crippen LogP contribution in [0.1, 0.15) is 18.2 Å². The molecule has 6 heteroatoms. The topological polar surface area (TPSA) is 65.6 Å². The van der Waals surface area contributed by atoms with Crippen LogP contribution in [0.4, 0.5) is 5.69 Å². The van der Waals surface area contributed by atoms with Crippen LogP contribution >= 0.6 is 0 Å². The minimum absolute atomic E-state index is 0.123. The Morgan fingerprint density at radius 2 is 1.88 bits per heavy atom. The summed E-state index contributed by atoms with van der Waals surface area (Å²) in [4.78, 5) is 12.5. The third-order valence-corrected chi connectivity index (χ3v) is 3.91. The number of nitrogens with one attached hydrogen (secondary N) is 1. The van der Waals surface area contributed by atoms with Crippen LogP contribution in [-0.2, 0) is 4.79 Å². The molecule has 0 saturated heterocycles. The number of carbonyl (C=O) groups excluding carboxylic acids is 1. The molecule has 0 bridgehead atoms. The van der Waals surface area contributed by atoms with E-state index in [1.165, 1.54) is 0 Å². The van der Waals surface area contributed by atoms with Crippen LogP contribution < -0.4 is 14.8 Å². The summed E-state index contributed by atoms with van der Waals surface area (Å²) < 4.78 is 17.9. The molecule has 0 aliphatic rings. The van der Waals surface area contributed by atoms with Crippen molar-refractivity contribution >= 4 is 11.6 Å². The lowest BCUT2D eigenvalue weighted by atomic mass is 10.1. The number of anilines is 1. The van der Waals surface area contributed by atoms with Gasteiger partial charge in [0.05, 0.1) is 32.9 Å². The monoisotopic (exact) mass is 340 g/mol. The molecule has 2 aromatic heterocycles. The normalized spacial score (nSPS) is 11.8. The molecule has 1 unspecified atom stereocenters. The van der Waals surface area contributed by atoms with E-state index in [2.05, 4.69) is 5.32 Å². The second kappa shape index (κ2) is 7.61. The molecule has 1 N–H and O–H groups in total. The highest BCUT2D eigenvalue weighted by atomic mass is 16.5. The third kappa shape index (κ3) is 3.85. The first-order valence-electron chi connectivity index (χ1n) is 7.89. The predicted molar refractivity (Wildman–Crippen MR) is 94.1 cm³/mol. The molecule has 3 rings (SSSR count). The number of hydrogen-bond donors (Lipinski definition) is 1. The van der Waals surface area contributed by atoms with E-state index in [4.69, 9.17) is 13.9 Å². The molecule has 0 aliphatic carbocycles. The van der Waals surface area contributed by atoms with Gasteiger partial charge in [-0.3, -0.25) is 4.79 Å². The van der Waals surface area contributed by atoms with Crippen molar-refractivity contribution in [2.75, 3.05) is 19.5 Å².